The number of nitrogens with one attached hydrogen (secondary N) is 1. The fourth-order valence-electron chi connectivity index (χ4n) is 3.32. The number of fused-ring (bicyclic) bond motifs is 1. The van der Waals surface area contributed by atoms with Crippen molar-refractivity contribution in [2.75, 3.05) is 18.4 Å². The van der Waals surface area contributed by atoms with E-state index in [2.05, 4.69) is 27.1 Å². The Hall–Kier alpha value is -2.73. The van der Waals surface area contributed by atoms with Gasteiger partial charge in [0, 0.05) is 23.2 Å². The molecule has 1 aliphatic heterocycles. The van der Waals surface area contributed by atoms with E-state index in [-0.39, 0.29) is 5.91 Å². The van der Waals surface area contributed by atoms with Crippen LogP contribution >= 0.6 is 0 Å². The molecule has 0 bridgehead atoms. The van der Waals surface area contributed by atoms with Crippen molar-refractivity contribution < 1.29 is 9.21 Å². The summed E-state index contributed by atoms with van der Waals surface area (Å²) in [6.45, 7) is 3.57. The molecular weight excluding hydrogens is 316 g/mol. The first-order chi connectivity index (χ1) is 12.2. The van der Waals surface area contributed by atoms with Crippen molar-refractivity contribution in [3.63, 3.8) is 0 Å². The van der Waals surface area contributed by atoms with Crippen LogP contribution in [0, 0.1) is 0 Å². The van der Waals surface area contributed by atoms with Gasteiger partial charge in [-0.2, -0.15) is 0 Å². The largest absolute Gasteiger partial charge is 0.444 e. The minimum absolute atomic E-state index is 0.0213. The average molecular weight is 336 g/mol. The fraction of sp³-hybridized carbons (Fsp3) is 0.316. The number of anilines is 1. The van der Waals surface area contributed by atoms with E-state index >= 15 is 0 Å². The predicted molar refractivity (Wildman–Crippen MR) is 96.1 cm³/mol. The third-order valence-electron chi connectivity index (χ3n) is 4.74. The lowest BCUT2D eigenvalue weighted by atomic mass is 10.1. The molecule has 1 saturated heterocycles. The van der Waals surface area contributed by atoms with Crippen LogP contribution in [0.1, 0.15) is 19.8 Å². The van der Waals surface area contributed by atoms with E-state index in [1.165, 1.54) is 6.39 Å². The quantitative estimate of drug-likeness (QED) is 0.791. The van der Waals surface area contributed by atoms with Gasteiger partial charge in [-0.3, -0.25) is 9.69 Å². The van der Waals surface area contributed by atoms with E-state index in [0.29, 0.717) is 24.2 Å². The van der Waals surface area contributed by atoms with Crippen LogP contribution in [0.25, 0.3) is 22.1 Å². The van der Waals surface area contributed by atoms with E-state index < -0.39 is 0 Å². The van der Waals surface area contributed by atoms with Crippen LogP contribution in [0.15, 0.2) is 47.5 Å². The van der Waals surface area contributed by atoms with Crippen LogP contribution in [0.3, 0.4) is 0 Å². The number of hydrogen-bond donors (Lipinski definition) is 1. The molecule has 1 aliphatic rings. The van der Waals surface area contributed by atoms with Crippen molar-refractivity contribution in [2.45, 2.75) is 25.8 Å². The zero-order valence-corrected chi connectivity index (χ0v) is 14.1. The number of pyridine rings is 1. The zero-order valence-electron chi connectivity index (χ0n) is 14.1. The van der Waals surface area contributed by atoms with Crippen molar-refractivity contribution in [2.24, 2.45) is 0 Å². The first-order valence-corrected chi connectivity index (χ1v) is 8.51. The van der Waals surface area contributed by atoms with E-state index in [9.17, 15) is 4.79 Å². The maximum Gasteiger partial charge on any atom is 0.239 e. The lowest BCUT2D eigenvalue weighted by Crippen LogP contribution is -2.35. The Morgan fingerprint density at radius 1 is 1.32 bits per heavy atom. The van der Waals surface area contributed by atoms with E-state index in [1.807, 2.05) is 24.3 Å². The van der Waals surface area contributed by atoms with Crippen LogP contribution in [-0.4, -0.2) is 39.9 Å². The third kappa shape index (κ3) is 3.39. The lowest BCUT2D eigenvalue weighted by Gasteiger charge is -2.19. The summed E-state index contributed by atoms with van der Waals surface area (Å²) in [5, 5.41) is 4.91. The SMILES string of the molecule is CC1CCCN1CC(=O)Nc1cc2cc(-c3cnco3)ccc2cn1. The van der Waals surface area contributed by atoms with Crippen molar-refractivity contribution in [3.05, 3.63) is 43.1 Å². The van der Waals surface area contributed by atoms with Crippen molar-refractivity contribution in [1.29, 1.82) is 0 Å². The minimum Gasteiger partial charge on any atom is -0.444 e. The number of nitrogens with zero attached hydrogens (tertiary/aromatic N) is 3. The summed E-state index contributed by atoms with van der Waals surface area (Å²) >= 11 is 0. The van der Waals surface area contributed by atoms with Gasteiger partial charge in [-0.05, 0) is 43.8 Å². The Labute approximate surface area is 145 Å². The number of rotatable bonds is 4. The summed E-state index contributed by atoms with van der Waals surface area (Å²) in [7, 11) is 0. The highest BCUT2D eigenvalue weighted by Crippen LogP contribution is 2.25. The summed E-state index contributed by atoms with van der Waals surface area (Å²) in [6.07, 6.45) is 7.19. The normalized spacial score (nSPS) is 17.9. The molecule has 0 aliphatic carbocycles. The zero-order chi connectivity index (χ0) is 17.2. The molecule has 1 unspecified atom stereocenters. The summed E-state index contributed by atoms with van der Waals surface area (Å²) in [5.74, 6) is 1.26. The Morgan fingerprint density at radius 3 is 3.00 bits per heavy atom. The smallest absolute Gasteiger partial charge is 0.239 e. The minimum atomic E-state index is -0.0213. The standard InChI is InChI=1S/C19H20N4O2/c1-13-3-2-6-23(13)11-19(24)22-18-8-16-7-14(17-10-20-12-25-17)4-5-15(16)9-21-18/h4-5,7-10,12-13H,2-3,6,11H2,1H3,(H,21,22,24). The molecule has 25 heavy (non-hydrogen) atoms. The van der Waals surface area contributed by atoms with Gasteiger partial charge in [0.25, 0.3) is 0 Å². The van der Waals surface area contributed by atoms with Crippen molar-refractivity contribution in [1.82, 2.24) is 14.9 Å². The Balaban J connectivity index is 1.52. The van der Waals surface area contributed by atoms with Gasteiger partial charge in [-0.15, -0.1) is 0 Å². The molecule has 128 valence electrons. The van der Waals surface area contributed by atoms with Gasteiger partial charge in [0.05, 0.1) is 12.7 Å². The van der Waals surface area contributed by atoms with Crippen LogP contribution in [0.4, 0.5) is 5.82 Å². The molecular formula is C19H20N4O2. The first kappa shape index (κ1) is 15.8. The molecule has 3 aromatic rings. The molecule has 0 saturated carbocycles. The number of aromatic nitrogens is 2. The van der Waals surface area contributed by atoms with Gasteiger partial charge >= 0.3 is 0 Å². The number of carbonyl (C=O) groups excluding carboxylic acids is 1. The fourth-order valence-corrected chi connectivity index (χ4v) is 3.32. The Morgan fingerprint density at radius 2 is 2.24 bits per heavy atom. The first-order valence-electron chi connectivity index (χ1n) is 8.51. The van der Waals surface area contributed by atoms with Crippen molar-refractivity contribution >= 4 is 22.5 Å². The highest BCUT2D eigenvalue weighted by molar-refractivity contribution is 5.94. The second-order valence-electron chi connectivity index (χ2n) is 6.51. The van der Waals surface area contributed by atoms with Crippen LogP contribution < -0.4 is 5.32 Å². The molecule has 1 atom stereocenters. The van der Waals surface area contributed by atoms with Gasteiger partial charge < -0.3 is 9.73 Å². The summed E-state index contributed by atoms with van der Waals surface area (Å²) in [4.78, 5) is 22.8. The van der Waals surface area contributed by atoms with Gasteiger partial charge in [0.2, 0.25) is 5.91 Å². The van der Waals surface area contributed by atoms with Gasteiger partial charge in [-0.25, -0.2) is 9.97 Å². The van der Waals surface area contributed by atoms with Gasteiger partial charge in [0.1, 0.15) is 5.82 Å². The molecule has 0 spiro atoms. The predicted octanol–water partition coefficient (Wildman–Crippen LogP) is 3.31. The van der Waals surface area contributed by atoms with Gasteiger partial charge in [-0.1, -0.05) is 12.1 Å². The second kappa shape index (κ2) is 6.64. The average Bonchev–Trinajstić information content (AvgIpc) is 3.27. The van der Waals surface area contributed by atoms with E-state index in [4.69, 9.17) is 4.42 Å². The number of amides is 1. The highest BCUT2D eigenvalue weighted by Gasteiger charge is 2.22. The third-order valence-corrected chi connectivity index (χ3v) is 4.74. The maximum absolute atomic E-state index is 12.3. The van der Waals surface area contributed by atoms with Crippen LogP contribution in [0.5, 0.6) is 0 Å². The lowest BCUT2D eigenvalue weighted by molar-refractivity contribution is -0.117. The molecule has 2 aromatic heterocycles. The molecule has 0 radical (unpaired) electrons. The second-order valence-corrected chi connectivity index (χ2v) is 6.51. The summed E-state index contributed by atoms with van der Waals surface area (Å²) in [5.41, 5.74) is 0.944. The summed E-state index contributed by atoms with van der Waals surface area (Å²) < 4.78 is 5.35. The number of likely N-dealkylation sites (tertiary alicyclic amines) is 1. The molecule has 1 aromatic carbocycles. The highest BCUT2D eigenvalue weighted by atomic mass is 16.3. The summed E-state index contributed by atoms with van der Waals surface area (Å²) in [6, 6.07) is 8.32. The number of hydrogen-bond acceptors (Lipinski definition) is 5. The maximum atomic E-state index is 12.3. The van der Waals surface area contributed by atoms with Crippen LogP contribution in [-0.2, 0) is 4.79 Å². The van der Waals surface area contributed by atoms with E-state index in [0.717, 1.165) is 35.7 Å². The molecule has 4 rings (SSSR count). The Bertz CT molecular complexity index is 892. The number of oxazole rings is 1. The number of benzene rings is 1. The molecule has 1 N–H and O–H groups in total. The molecule has 1 amide bonds. The monoisotopic (exact) mass is 336 g/mol. The van der Waals surface area contributed by atoms with E-state index in [1.54, 1.807) is 12.4 Å². The van der Waals surface area contributed by atoms with Crippen LogP contribution in [0.2, 0.25) is 0 Å². The molecule has 6 nitrogen and oxygen atoms in total. The molecule has 3 heterocycles. The Kier molecular flexibility index (Phi) is 4.19. The van der Waals surface area contributed by atoms with Gasteiger partial charge in [0.15, 0.2) is 12.2 Å². The number of carbonyl (C=O) groups is 1. The molecule has 1 fully saturated rings. The van der Waals surface area contributed by atoms with Crippen molar-refractivity contribution in [3.8, 4) is 11.3 Å². The topological polar surface area (TPSA) is 71.3 Å². The molecule has 6 heteroatoms.